The summed E-state index contributed by atoms with van der Waals surface area (Å²) in [7, 11) is 0. The van der Waals surface area contributed by atoms with E-state index >= 15 is 4.39 Å². The van der Waals surface area contributed by atoms with E-state index in [1.807, 2.05) is 60.7 Å². The number of aliphatic hydroxyl groups is 2. The molecule has 6 aliphatic rings. The molecule has 2 bridgehead atoms. The van der Waals surface area contributed by atoms with Gasteiger partial charge in [0.05, 0.1) is 18.2 Å². The van der Waals surface area contributed by atoms with Crippen molar-refractivity contribution in [2.45, 2.75) is 83.5 Å². The molecule has 0 radical (unpaired) electrons. The molecule has 8 atom stereocenters. The number of carbonyl (C=O) groups is 2. The van der Waals surface area contributed by atoms with Crippen LogP contribution in [0.1, 0.15) is 69.9 Å². The SMILES string of the molecule is CC12CCC(O)CC13C=CC1(C(C(=O)Cc4c(F)cccc4Cl)=C3)C2CCC2(C)C1CCC2(O)CN(Cc1ccccc1)C(=O)Nc1ccccc1. The van der Waals surface area contributed by atoms with Crippen LogP contribution in [0.2, 0.25) is 5.02 Å². The highest BCUT2D eigenvalue weighted by Gasteiger charge is 2.74. The second kappa shape index (κ2) is 12.7. The van der Waals surface area contributed by atoms with Gasteiger partial charge in [0.25, 0.3) is 0 Å². The predicted octanol–water partition coefficient (Wildman–Crippen LogP) is 8.92. The lowest BCUT2D eigenvalue weighted by Gasteiger charge is -2.71. The first-order valence-electron chi connectivity index (χ1n) is 18.8. The lowest BCUT2D eigenvalue weighted by molar-refractivity contribution is -0.177. The van der Waals surface area contributed by atoms with Gasteiger partial charge in [0.2, 0.25) is 0 Å². The lowest BCUT2D eigenvalue weighted by atomic mass is 9.32. The third-order valence-corrected chi connectivity index (χ3v) is 14.7. The minimum Gasteiger partial charge on any atom is -0.393 e. The summed E-state index contributed by atoms with van der Waals surface area (Å²) in [5.41, 5.74) is -0.761. The van der Waals surface area contributed by atoms with E-state index in [-0.39, 0.29) is 52.6 Å². The first-order chi connectivity index (χ1) is 24.8. The molecule has 0 aromatic heterocycles. The molecular formula is C44H48ClFN2O4. The second-order valence-electron chi connectivity index (χ2n) is 16.7. The summed E-state index contributed by atoms with van der Waals surface area (Å²) in [6.45, 7) is 4.96. The van der Waals surface area contributed by atoms with Gasteiger partial charge in [0.15, 0.2) is 5.78 Å². The van der Waals surface area contributed by atoms with Crippen LogP contribution in [0.25, 0.3) is 0 Å². The molecule has 6 aliphatic carbocycles. The number of halogens is 2. The minimum atomic E-state index is -1.24. The van der Waals surface area contributed by atoms with Crippen molar-refractivity contribution >= 4 is 29.1 Å². The Bertz CT molecular complexity index is 1930. The van der Waals surface area contributed by atoms with E-state index in [9.17, 15) is 19.8 Å². The molecule has 8 heteroatoms. The van der Waals surface area contributed by atoms with E-state index in [0.29, 0.717) is 43.5 Å². The van der Waals surface area contributed by atoms with Crippen molar-refractivity contribution in [1.82, 2.24) is 4.90 Å². The Balaban J connectivity index is 1.18. The molecule has 3 N–H and O–H groups in total. The molecule has 8 unspecified atom stereocenters. The third kappa shape index (κ3) is 5.25. The number of allylic oxidation sites excluding steroid dienone is 4. The Labute approximate surface area is 310 Å². The van der Waals surface area contributed by atoms with Gasteiger partial charge in [0, 0.05) is 51.1 Å². The molecule has 3 saturated carbocycles. The number of ketones is 1. The molecule has 2 spiro atoms. The Morgan fingerprint density at radius 3 is 2.29 bits per heavy atom. The number of benzene rings is 3. The first-order valence-corrected chi connectivity index (χ1v) is 19.2. The van der Waals surface area contributed by atoms with Gasteiger partial charge in [-0.15, -0.1) is 0 Å². The quantitative estimate of drug-likeness (QED) is 0.203. The zero-order valence-electron chi connectivity index (χ0n) is 30.0. The Morgan fingerprint density at radius 2 is 1.56 bits per heavy atom. The number of anilines is 1. The van der Waals surface area contributed by atoms with Crippen LogP contribution in [0.15, 0.2) is 103 Å². The van der Waals surface area contributed by atoms with E-state index in [1.165, 1.54) is 6.07 Å². The molecule has 272 valence electrons. The molecule has 9 rings (SSSR count). The highest BCUT2D eigenvalue weighted by molar-refractivity contribution is 6.31. The van der Waals surface area contributed by atoms with Gasteiger partial charge in [-0.05, 0) is 92.0 Å². The summed E-state index contributed by atoms with van der Waals surface area (Å²) in [5.74, 6) is -0.668. The summed E-state index contributed by atoms with van der Waals surface area (Å²) in [6.07, 6.45) is 10.8. The van der Waals surface area contributed by atoms with Gasteiger partial charge in [-0.1, -0.05) is 98.3 Å². The number of aliphatic hydroxyl groups excluding tert-OH is 1. The number of nitrogens with one attached hydrogen (secondary N) is 1. The van der Waals surface area contributed by atoms with E-state index in [0.717, 1.165) is 24.8 Å². The number of carbonyl (C=O) groups excluding carboxylic acids is 2. The minimum absolute atomic E-state index is 0.0970. The smallest absolute Gasteiger partial charge is 0.322 e. The number of urea groups is 1. The van der Waals surface area contributed by atoms with Crippen LogP contribution in [0.5, 0.6) is 0 Å². The number of hydrogen-bond acceptors (Lipinski definition) is 4. The van der Waals surface area contributed by atoms with Gasteiger partial charge >= 0.3 is 6.03 Å². The van der Waals surface area contributed by atoms with E-state index in [1.54, 1.807) is 17.0 Å². The number of amides is 2. The highest BCUT2D eigenvalue weighted by Crippen LogP contribution is 2.78. The third-order valence-electron chi connectivity index (χ3n) is 14.4. The molecule has 3 aromatic rings. The monoisotopic (exact) mass is 722 g/mol. The van der Waals surface area contributed by atoms with Crippen molar-refractivity contribution in [3.63, 3.8) is 0 Å². The number of nitrogens with zero attached hydrogens (tertiary/aromatic N) is 1. The highest BCUT2D eigenvalue weighted by atomic mass is 35.5. The summed E-state index contributed by atoms with van der Waals surface area (Å²) in [5, 5.41) is 27.3. The predicted molar refractivity (Wildman–Crippen MR) is 201 cm³/mol. The standard InChI is InChI=1S/C44H48ClFN2O4/c1-40-19-16-31(49)25-42(40)22-23-44(33(26-42)36(50)24-32-34(45)14-9-15-35(32)46)37(40)17-20-41(2)38(44)18-21-43(41,52)28-48(27-29-10-5-3-6-11-29)39(51)47-30-12-7-4-8-13-30/h3-15,22-23,26,31,37-38,49,52H,16-21,24-25,27-28H2,1-2H3,(H,47,51). The fraction of sp³-hybridized carbons (Fsp3) is 0.455. The molecule has 2 amide bonds. The molecule has 0 aliphatic heterocycles. The van der Waals surface area contributed by atoms with E-state index in [2.05, 4.69) is 37.4 Å². The zero-order chi connectivity index (χ0) is 36.5. The van der Waals surface area contributed by atoms with Crippen molar-refractivity contribution in [3.8, 4) is 0 Å². The normalized spacial score (nSPS) is 35.6. The first kappa shape index (κ1) is 35.3. The van der Waals surface area contributed by atoms with Gasteiger partial charge in [-0.2, -0.15) is 0 Å². The maximum atomic E-state index is 15.2. The maximum absolute atomic E-state index is 15.2. The lowest BCUT2D eigenvalue weighted by Crippen LogP contribution is -2.67. The zero-order valence-corrected chi connectivity index (χ0v) is 30.7. The maximum Gasteiger partial charge on any atom is 0.322 e. The van der Waals surface area contributed by atoms with Crippen molar-refractivity contribution in [2.24, 2.45) is 33.5 Å². The average Bonchev–Trinajstić information content (AvgIpc) is 3.40. The number of para-hydroxylation sites is 1. The average molecular weight is 723 g/mol. The van der Waals surface area contributed by atoms with Crippen LogP contribution < -0.4 is 5.32 Å². The van der Waals surface area contributed by atoms with Crippen LogP contribution in [0, 0.1) is 39.3 Å². The van der Waals surface area contributed by atoms with E-state index in [4.69, 9.17) is 11.6 Å². The number of Topliss-reactive ketones (excluding diaryl/α,β-unsaturated/α-hetero) is 1. The summed E-state index contributed by atoms with van der Waals surface area (Å²) >= 11 is 6.48. The molecule has 0 heterocycles. The van der Waals surface area contributed by atoms with Crippen molar-refractivity contribution in [3.05, 3.63) is 125 Å². The number of rotatable bonds is 8. The van der Waals surface area contributed by atoms with Crippen LogP contribution in [0.3, 0.4) is 0 Å². The van der Waals surface area contributed by atoms with Crippen LogP contribution in [0.4, 0.5) is 14.9 Å². The Hall–Kier alpha value is -3.78. The molecule has 3 aromatic carbocycles. The van der Waals surface area contributed by atoms with Crippen molar-refractivity contribution in [1.29, 1.82) is 0 Å². The van der Waals surface area contributed by atoms with Crippen LogP contribution in [-0.4, -0.2) is 45.2 Å². The summed E-state index contributed by atoms with van der Waals surface area (Å²) in [6, 6.07) is 23.4. The van der Waals surface area contributed by atoms with Gasteiger partial charge < -0.3 is 20.4 Å². The second-order valence-corrected chi connectivity index (χ2v) is 17.2. The van der Waals surface area contributed by atoms with Crippen LogP contribution >= 0.6 is 11.6 Å². The van der Waals surface area contributed by atoms with Crippen molar-refractivity contribution in [2.75, 3.05) is 11.9 Å². The fourth-order valence-electron chi connectivity index (χ4n) is 11.7. The summed E-state index contributed by atoms with van der Waals surface area (Å²) in [4.78, 5) is 30.5. The number of hydrogen-bond donors (Lipinski definition) is 3. The molecular weight excluding hydrogens is 675 g/mol. The molecule has 3 fully saturated rings. The summed E-state index contributed by atoms with van der Waals surface area (Å²) < 4.78 is 15.2. The van der Waals surface area contributed by atoms with Crippen LogP contribution in [-0.2, 0) is 17.8 Å². The molecule has 52 heavy (non-hydrogen) atoms. The van der Waals surface area contributed by atoms with Gasteiger partial charge in [0.1, 0.15) is 5.82 Å². The van der Waals surface area contributed by atoms with Crippen molar-refractivity contribution < 1.29 is 24.2 Å². The van der Waals surface area contributed by atoms with E-state index < -0.39 is 33.8 Å². The Morgan fingerprint density at radius 1 is 0.885 bits per heavy atom. The molecule has 0 saturated heterocycles. The largest absolute Gasteiger partial charge is 0.393 e. The number of fused-ring (bicyclic) bond motifs is 1. The topological polar surface area (TPSA) is 89.9 Å². The molecule has 6 nitrogen and oxygen atoms in total. The Kier molecular flexibility index (Phi) is 8.59. The fourth-order valence-corrected chi connectivity index (χ4v) is 11.9. The van der Waals surface area contributed by atoms with Gasteiger partial charge in [-0.25, -0.2) is 9.18 Å². The van der Waals surface area contributed by atoms with Gasteiger partial charge in [-0.3, -0.25) is 4.79 Å².